The molecule has 27 heavy (non-hydrogen) atoms. The van der Waals surface area contributed by atoms with Crippen LogP contribution in [0.25, 0.3) is 11.0 Å². The minimum atomic E-state index is 0. The summed E-state index contributed by atoms with van der Waals surface area (Å²) in [6.07, 6.45) is 0.809. The van der Waals surface area contributed by atoms with Crippen molar-refractivity contribution in [2.24, 2.45) is 10.9 Å². The van der Waals surface area contributed by atoms with Crippen LogP contribution in [-0.4, -0.2) is 59.1 Å². The number of likely N-dealkylation sites (tertiary alicyclic amines) is 1. The molecule has 2 heterocycles. The van der Waals surface area contributed by atoms with Gasteiger partial charge in [-0.15, -0.1) is 24.0 Å². The largest absolute Gasteiger partial charge is 0.357 e. The molecule has 0 radical (unpaired) electrons. The number of halogens is 1. The van der Waals surface area contributed by atoms with Gasteiger partial charge in [0.15, 0.2) is 5.96 Å². The lowest BCUT2D eigenvalue weighted by Gasteiger charge is -2.21. The van der Waals surface area contributed by atoms with Gasteiger partial charge in [-0.1, -0.05) is 19.1 Å². The number of guanidine groups is 1. The van der Waals surface area contributed by atoms with Crippen LogP contribution in [0.15, 0.2) is 29.3 Å². The third-order valence-corrected chi connectivity index (χ3v) is 5.09. The lowest BCUT2D eigenvalue weighted by Crippen LogP contribution is -2.47. The quantitative estimate of drug-likeness (QED) is 0.335. The predicted octanol–water partition coefficient (Wildman–Crippen LogP) is 3.01. The number of H-pyrrole nitrogens is 1. The summed E-state index contributed by atoms with van der Waals surface area (Å²) in [7, 11) is 0. The highest BCUT2D eigenvalue weighted by Crippen LogP contribution is 2.18. The molecule has 1 saturated heterocycles. The van der Waals surface area contributed by atoms with Crippen LogP contribution < -0.4 is 10.6 Å². The summed E-state index contributed by atoms with van der Waals surface area (Å²) in [5.74, 6) is 2.52. The highest BCUT2D eigenvalue weighted by molar-refractivity contribution is 14.0. The number of aliphatic imine (C=N–C) groups is 1. The van der Waals surface area contributed by atoms with Crippen LogP contribution >= 0.6 is 24.0 Å². The minimum Gasteiger partial charge on any atom is -0.357 e. The van der Waals surface area contributed by atoms with Gasteiger partial charge in [0.1, 0.15) is 5.82 Å². The van der Waals surface area contributed by atoms with Gasteiger partial charge in [0.05, 0.1) is 11.0 Å². The Balaban J connectivity index is 0.00000261. The molecule has 3 rings (SSSR count). The van der Waals surface area contributed by atoms with Crippen molar-refractivity contribution in [3.63, 3.8) is 0 Å². The van der Waals surface area contributed by atoms with Crippen molar-refractivity contribution in [2.45, 2.75) is 46.2 Å². The molecule has 0 bridgehead atoms. The third kappa shape index (κ3) is 5.81. The first-order chi connectivity index (χ1) is 12.6. The number of nitrogens with one attached hydrogen (secondary N) is 3. The van der Waals surface area contributed by atoms with Crippen LogP contribution in [0, 0.1) is 5.92 Å². The summed E-state index contributed by atoms with van der Waals surface area (Å²) in [5, 5.41) is 7.01. The molecule has 6 nitrogen and oxygen atoms in total. The van der Waals surface area contributed by atoms with Crippen LogP contribution in [0.5, 0.6) is 0 Å². The fourth-order valence-corrected chi connectivity index (χ4v) is 3.51. The minimum absolute atomic E-state index is 0. The molecule has 1 aromatic heterocycles. The van der Waals surface area contributed by atoms with E-state index in [0.717, 1.165) is 48.9 Å². The van der Waals surface area contributed by atoms with Crippen LogP contribution in [-0.2, 0) is 6.42 Å². The summed E-state index contributed by atoms with van der Waals surface area (Å²) in [6, 6.07) is 9.17. The van der Waals surface area contributed by atoms with Gasteiger partial charge < -0.3 is 15.6 Å². The lowest BCUT2D eigenvalue weighted by atomic mass is 10.1. The monoisotopic (exact) mass is 484 g/mol. The van der Waals surface area contributed by atoms with Gasteiger partial charge in [-0.3, -0.25) is 9.89 Å². The van der Waals surface area contributed by atoms with Crippen molar-refractivity contribution in [2.75, 3.05) is 26.2 Å². The fraction of sp³-hybridized carbons (Fsp3) is 0.600. The molecule has 1 aromatic carbocycles. The number of para-hydroxylation sites is 2. The van der Waals surface area contributed by atoms with E-state index in [9.17, 15) is 0 Å². The predicted molar refractivity (Wildman–Crippen MR) is 124 cm³/mol. The Morgan fingerprint density at radius 1 is 1.33 bits per heavy atom. The van der Waals surface area contributed by atoms with Crippen molar-refractivity contribution < 1.29 is 0 Å². The summed E-state index contributed by atoms with van der Waals surface area (Å²) in [4.78, 5) is 15.3. The topological polar surface area (TPSA) is 68.3 Å². The van der Waals surface area contributed by atoms with E-state index in [1.807, 2.05) is 18.2 Å². The normalized spacial score (nSPS) is 20.9. The number of fused-ring (bicyclic) bond motifs is 1. The average molecular weight is 484 g/mol. The molecule has 7 heteroatoms. The molecule has 0 saturated carbocycles. The number of hydrogen-bond acceptors (Lipinski definition) is 3. The zero-order valence-corrected chi connectivity index (χ0v) is 19.2. The van der Waals surface area contributed by atoms with Crippen LogP contribution in [0.1, 0.15) is 33.5 Å². The van der Waals surface area contributed by atoms with Crippen LogP contribution in [0.2, 0.25) is 0 Å². The van der Waals surface area contributed by atoms with E-state index in [1.54, 1.807) is 0 Å². The van der Waals surface area contributed by atoms with E-state index in [4.69, 9.17) is 4.99 Å². The molecule has 1 aliphatic heterocycles. The SMILES string of the molecule is CCNC(=NCCc1nc2ccccc2[nH]1)NC1CN(C(C)C)CC1C.I. The molecule has 1 fully saturated rings. The first-order valence-electron chi connectivity index (χ1n) is 9.79. The van der Waals surface area contributed by atoms with Crippen LogP contribution in [0.3, 0.4) is 0 Å². The summed E-state index contributed by atoms with van der Waals surface area (Å²) >= 11 is 0. The van der Waals surface area contributed by atoms with E-state index in [2.05, 4.69) is 59.3 Å². The van der Waals surface area contributed by atoms with Gasteiger partial charge in [0.25, 0.3) is 0 Å². The molecule has 0 amide bonds. The standard InChI is InChI=1S/C20H32N6.HI/c1-5-21-20(25-18-13-26(14(2)3)12-15(18)4)22-11-10-19-23-16-8-6-7-9-17(16)24-19;/h6-9,14-15,18H,5,10-13H2,1-4H3,(H,23,24)(H2,21,22,25);1H. The maximum absolute atomic E-state index is 4.76. The summed E-state index contributed by atoms with van der Waals surface area (Å²) in [6.45, 7) is 12.8. The number of aromatic amines is 1. The van der Waals surface area contributed by atoms with Gasteiger partial charge in [0.2, 0.25) is 0 Å². The third-order valence-electron chi connectivity index (χ3n) is 5.09. The molecule has 1 aliphatic rings. The van der Waals surface area contributed by atoms with Crippen molar-refractivity contribution in [1.29, 1.82) is 0 Å². The second-order valence-electron chi connectivity index (χ2n) is 7.49. The molecular weight excluding hydrogens is 451 g/mol. The first-order valence-corrected chi connectivity index (χ1v) is 9.79. The number of aromatic nitrogens is 2. The molecule has 3 N–H and O–H groups in total. The Hall–Kier alpha value is -1.35. The Labute approximate surface area is 179 Å². The zero-order chi connectivity index (χ0) is 18.5. The number of imidazole rings is 1. The number of rotatable bonds is 6. The van der Waals surface area contributed by atoms with Gasteiger partial charge in [-0.2, -0.15) is 0 Å². The molecule has 150 valence electrons. The Kier molecular flexibility index (Phi) is 8.34. The molecule has 0 spiro atoms. The smallest absolute Gasteiger partial charge is 0.191 e. The molecule has 2 unspecified atom stereocenters. The maximum Gasteiger partial charge on any atom is 0.191 e. The second-order valence-corrected chi connectivity index (χ2v) is 7.49. The van der Waals surface area contributed by atoms with Gasteiger partial charge in [0, 0.05) is 44.7 Å². The van der Waals surface area contributed by atoms with Crippen LogP contribution in [0.4, 0.5) is 0 Å². The lowest BCUT2D eigenvalue weighted by molar-refractivity contribution is 0.265. The van der Waals surface area contributed by atoms with E-state index < -0.39 is 0 Å². The van der Waals surface area contributed by atoms with Gasteiger partial charge in [-0.05, 0) is 38.8 Å². The Morgan fingerprint density at radius 2 is 2.11 bits per heavy atom. The fourth-order valence-electron chi connectivity index (χ4n) is 3.51. The second kappa shape index (κ2) is 10.3. The van der Waals surface area contributed by atoms with Crippen molar-refractivity contribution in [3.05, 3.63) is 30.1 Å². The number of nitrogens with zero attached hydrogens (tertiary/aromatic N) is 3. The van der Waals surface area contributed by atoms with Gasteiger partial charge >= 0.3 is 0 Å². The summed E-state index contributed by atoms with van der Waals surface area (Å²) < 4.78 is 0. The molecule has 0 aliphatic carbocycles. The maximum atomic E-state index is 4.76. The summed E-state index contributed by atoms with van der Waals surface area (Å²) in [5.41, 5.74) is 2.11. The van der Waals surface area contributed by atoms with Gasteiger partial charge in [-0.25, -0.2) is 4.98 Å². The Morgan fingerprint density at radius 3 is 2.78 bits per heavy atom. The van der Waals surface area contributed by atoms with E-state index >= 15 is 0 Å². The molecule has 2 aromatic rings. The first kappa shape index (κ1) is 21.9. The molecule has 2 atom stereocenters. The van der Waals surface area contributed by atoms with Crippen molar-refractivity contribution in [3.8, 4) is 0 Å². The highest BCUT2D eigenvalue weighted by atomic mass is 127. The molecular formula is C20H33IN6. The van der Waals surface area contributed by atoms with Crippen molar-refractivity contribution >= 4 is 41.0 Å². The van der Waals surface area contributed by atoms with Crippen molar-refractivity contribution in [1.82, 2.24) is 25.5 Å². The van der Waals surface area contributed by atoms with E-state index in [0.29, 0.717) is 24.5 Å². The average Bonchev–Trinajstić information content (AvgIpc) is 3.18. The zero-order valence-electron chi connectivity index (χ0n) is 16.8. The Bertz CT molecular complexity index is 708. The highest BCUT2D eigenvalue weighted by Gasteiger charge is 2.31. The van der Waals surface area contributed by atoms with E-state index in [1.165, 1.54) is 0 Å². The van der Waals surface area contributed by atoms with E-state index in [-0.39, 0.29) is 24.0 Å². The number of benzene rings is 1. The number of hydrogen-bond donors (Lipinski definition) is 3.